The smallest absolute Gasteiger partial charge is 0.433 e. The third-order valence-electron chi connectivity index (χ3n) is 2.25. The Bertz CT molecular complexity index is 414. The van der Waals surface area contributed by atoms with Crippen LogP contribution in [-0.2, 0) is 4.74 Å². The molecule has 1 rings (SSSR count). The van der Waals surface area contributed by atoms with E-state index in [0.29, 0.717) is 12.5 Å². The van der Waals surface area contributed by atoms with Gasteiger partial charge in [0.1, 0.15) is 0 Å². The van der Waals surface area contributed by atoms with Gasteiger partial charge in [-0.15, -0.1) is 0 Å². The second kappa shape index (κ2) is 6.14. The summed E-state index contributed by atoms with van der Waals surface area (Å²) in [6, 6.07) is 1.98. The molecular formula is C14H21NO2S. The van der Waals surface area contributed by atoms with E-state index in [-0.39, 0.29) is 5.41 Å². The second-order valence-electron chi connectivity index (χ2n) is 5.69. The zero-order valence-electron chi connectivity index (χ0n) is 11.7. The standard InChI is InChI=1S/C14H21NO2S/c1-10(2)8-17-13(16)15-12(14(3,4)5)11-6-7-18-9-11/h6-7,9-10H,8H2,1-5H3. The average molecular weight is 267 g/mol. The van der Waals surface area contributed by atoms with Gasteiger partial charge in [0.25, 0.3) is 0 Å². The fourth-order valence-electron chi connectivity index (χ4n) is 1.43. The lowest BCUT2D eigenvalue weighted by Crippen LogP contribution is -2.23. The third kappa shape index (κ3) is 4.61. The first-order chi connectivity index (χ1) is 8.30. The normalized spacial score (nSPS) is 12.9. The predicted molar refractivity (Wildman–Crippen MR) is 76.5 cm³/mol. The Kier molecular flexibility index (Phi) is 5.08. The predicted octanol–water partition coefficient (Wildman–Crippen LogP) is 4.38. The molecule has 0 radical (unpaired) electrons. The van der Waals surface area contributed by atoms with E-state index in [1.807, 2.05) is 51.4 Å². The summed E-state index contributed by atoms with van der Waals surface area (Å²) in [4.78, 5) is 15.8. The second-order valence-corrected chi connectivity index (χ2v) is 6.47. The van der Waals surface area contributed by atoms with Crippen LogP contribution in [0.15, 0.2) is 21.8 Å². The summed E-state index contributed by atoms with van der Waals surface area (Å²) in [6.07, 6.45) is -0.500. The molecule has 0 aliphatic heterocycles. The summed E-state index contributed by atoms with van der Waals surface area (Å²) in [7, 11) is 0. The maximum absolute atomic E-state index is 11.7. The number of hydrogen-bond acceptors (Lipinski definition) is 3. The maximum Gasteiger partial charge on any atom is 0.433 e. The molecule has 0 spiro atoms. The molecule has 1 amide bonds. The van der Waals surface area contributed by atoms with Crippen molar-refractivity contribution < 1.29 is 9.53 Å². The largest absolute Gasteiger partial charge is 0.448 e. The summed E-state index contributed by atoms with van der Waals surface area (Å²) in [6.45, 7) is 10.5. The lowest BCUT2D eigenvalue weighted by atomic mass is 9.86. The molecule has 3 nitrogen and oxygen atoms in total. The number of rotatable bonds is 3. The molecule has 0 aliphatic rings. The minimum atomic E-state index is -0.500. The third-order valence-corrected chi connectivity index (χ3v) is 2.93. The van der Waals surface area contributed by atoms with Crippen molar-refractivity contribution in [2.45, 2.75) is 34.6 Å². The van der Waals surface area contributed by atoms with Gasteiger partial charge in [-0.25, -0.2) is 4.79 Å². The monoisotopic (exact) mass is 267 g/mol. The summed E-state index contributed by atoms with van der Waals surface area (Å²) in [5, 5.41) is 3.98. The van der Waals surface area contributed by atoms with Gasteiger partial charge in [-0.05, 0) is 22.7 Å². The molecule has 4 heteroatoms. The van der Waals surface area contributed by atoms with Gasteiger partial charge in [0, 0.05) is 11.0 Å². The van der Waals surface area contributed by atoms with E-state index in [0.717, 1.165) is 11.3 Å². The van der Waals surface area contributed by atoms with Gasteiger partial charge in [0.2, 0.25) is 0 Å². The van der Waals surface area contributed by atoms with Crippen LogP contribution in [0.2, 0.25) is 0 Å². The number of nitrogens with zero attached hydrogens (tertiary/aromatic N) is 1. The van der Waals surface area contributed by atoms with Crippen LogP contribution in [0, 0.1) is 11.3 Å². The molecule has 0 saturated heterocycles. The van der Waals surface area contributed by atoms with Crippen molar-refractivity contribution in [1.29, 1.82) is 0 Å². The van der Waals surface area contributed by atoms with Crippen LogP contribution in [0.1, 0.15) is 40.2 Å². The van der Waals surface area contributed by atoms with Crippen LogP contribution < -0.4 is 0 Å². The van der Waals surface area contributed by atoms with Crippen LogP contribution in [0.5, 0.6) is 0 Å². The summed E-state index contributed by atoms with van der Waals surface area (Å²) in [5.74, 6) is 0.323. The summed E-state index contributed by atoms with van der Waals surface area (Å²) < 4.78 is 5.10. The van der Waals surface area contributed by atoms with Crippen molar-refractivity contribution in [2.24, 2.45) is 16.3 Å². The van der Waals surface area contributed by atoms with Gasteiger partial charge < -0.3 is 4.74 Å². The quantitative estimate of drug-likeness (QED) is 0.762. The van der Waals surface area contributed by atoms with Crippen LogP contribution in [0.25, 0.3) is 0 Å². The van der Waals surface area contributed by atoms with E-state index >= 15 is 0 Å². The number of hydrogen-bond donors (Lipinski definition) is 0. The maximum atomic E-state index is 11.7. The van der Waals surface area contributed by atoms with E-state index in [1.165, 1.54) is 0 Å². The van der Waals surface area contributed by atoms with Crippen molar-refractivity contribution in [3.05, 3.63) is 22.4 Å². The fraction of sp³-hybridized carbons (Fsp3) is 0.571. The number of amides is 1. The van der Waals surface area contributed by atoms with Crippen molar-refractivity contribution in [3.63, 3.8) is 0 Å². The molecule has 0 unspecified atom stereocenters. The van der Waals surface area contributed by atoms with Gasteiger partial charge in [0.05, 0.1) is 12.3 Å². The van der Waals surface area contributed by atoms with Crippen molar-refractivity contribution in [2.75, 3.05) is 6.61 Å². The van der Waals surface area contributed by atoms with Crippen LogP contribution >= 0.6 is 11.3 Å². The van der Waals surface area contributed by atoms with Gasteiger partial charge in [-0.2, -0.15) is 16.3 Å². The molecule has 18 heavy (non-hydrogen) atoms. The van der Waals surface area contributed by atoms with E-state index in [2.05, 4.69) is 4.99 Å². The molecule has 0 N–H and O–H groups in total. The number of carbonyl (C=O) groups is 1. The zero-order chi connectivity index (χ0) is 13.8. The highest BCUT2D eigenvalue weighted by Crippen LogP contribution is 2.23. The van der Waals surface area contributed by atoms with Crippen LogP contribution in [-0.4, -0.2) is 18.4 Å². The molecule has 0 bridgehead atoms. The Balaban J connectivity index is 2.88. The first-order valence-corrected chi connectivity index (χ1v) is 7.03. The Hall–Kier alpha value is -1.16. The van der Waals surface area contributed by atoms with Crippen LogP contribution in [0.3, 0.4) is 0 Å². The minimum Gasteiger partial charge on any atom is -0.448 e. The van der Waals surface area contributed by atoms with Gasteiger partial charge in [-0.3, -0.25) is 0 Å². The molecule has 100 valence electrons. The lowest BCUT2D eigenvalue weighted by molar-refractivity contribution is 0.143. The van der Waals surface area contributed by atoms with Gasteiger partial charge in [-0.1, -0.05) is 34.6 Å². The topological polar surface area (TPSA) is 38.7 Å². The van der Waals surface area contributed by atoms with E-state index in [1.54, 1.807) is 11.3 Å². The molecular weight excluding hydrogens is 246 g/mol. The first-order valence-electron chi connectivity index (χ1n) is 6.09. The Morgan fingerprint density at radius 2 is 2.11 bits per heavy atom. The van der Waals surface area contributed by atoms with Crippen molar-refractivity contribution in [3.8, 4) is 0 Å². The number of thiophene rings is 1. The van der Waals surface area contributed by atoms with Gasteiger partial charge >= 0.3 is 6.09 Å². The number of ether oxygens (including phenoxy) is 1. The Morgan fingerprint density at radius 3 is 2.56 bits per heavy atom. The highest BCUT2D eigenvalue weighted by Gasteiger charge is 2.22. The molecule has 1 aromatic rings. The van der Waals surface area contributed by atoms with Crippen LogP contribution in [0.4, 0.5) is 4.79 Å². The first kappa shape index (κ1) is 14.9. The Morgan fingerprint density at radius 1 is 1.44 bits per heavy atom. The highest BCUT2D eigenvalue weighted by molar-refractivity contribution is 7.08. The Labute approximate surface area is 113 Å². The van der Waals surface area contributed by atoms with Gasteiger partial charge in [0.15, 0.2) is 0 Å². The number of carbonyl (C=O) groups excluding carboxylic acids is 1. The van der Waals surface area contributed by atoms with E-state index in [4.69, 9.17) is 4.74 Å². The van der Waals surface area contributed by atoms with E-state index in [9.17, 15) is 4.79 Å². The average Bonchev–Trinajstić information content (AvgIpc) is 2.74. The SMILES string of the molecule is CC(C)COC(=O)N=C(c1ccsc1)C(C)(C)C. The van der Waals surface area contributed by atoms with Crippen molar-refractivity contribution >= 4 is 23.1 Å². The molecule has 0 saturated carbocycles. The summed E-state index contributed by atoms with van der Waals surface area (Å²) >= 11 is 1.60. The minimum absolute atomic E-state index is 0.183. The molecule has 0 aliphatic carbocycles. The number of aliphatic imine (C=N–C) groups is 1. The molecule has 0 atom stereocenters. The van der Waals surface area contributed by atoms with E-state index < -0.39 is 6.09 Å². The molecule has 0 aromatic carbocycles. The highest BCUT2D eigenvalue weighted by atomic mass is 32.1. The molecule has 1 heterocycles. The lowest BCUT2D eigenvalue weighted by Gasteiger charge is -2.20. The summed E-state index contributed by atoms with van der Waals surface area (Å²) in [5.41, 5.74) is 1.59. The fourth-order valence-corrected chi connectivity index (χ4v) is 2.07. The molecule has 0 fully saturated rings. The zero-order valence-corrected chi connectivity index (χ0v) is 12.5. The molecule has 1 aromatic heterocycles. The van der Waals surface area contributed by atoms with Crippen molar-refractivity contribution in [1.82, 2.24) is 0 Å².